The van der Waals surface area contributed by atoms with Gasteiger partial charge in [-0.2, -0.15) is 0 Å². The number of halogens is 2. The van der Waals surface area contributed by atoms with Crippen molar-refractivity contribution in [3.05, 3.63) is 65.0 Å². The van der Waals surface area contributed by atoms with Gasteiger partial charge >= 0.3 is 0 Å². The van der Waals surface area contributed by atoms with Gasteiger partial charge in [-0.15, -0.1) is 0 Å². The monoisotopic (exact) mass is 249 g/mol. The second kappa shape index (κ2) is 5.23. The quantitative estimate of drug-likeness (QED) is 0.907. The zero-order valence-electron chi connectivity index (χ0n) is 9.90. The molecule has 0 bridgehead atoms. The van der Waals surface area contributed by atoms with Crippen molar-refractivity contribution in [1.82, 2.24) is 4.98 Å². The van der Waals surface area contributed by atoms with Crippen molar-refractivity contribution in [1.29, 1.82) is 0 Å². The molecule has 0 radical (unpaired) electrons. The topological polar surface area (TPSA) is 33.1 Å². The summed E-state index contributed by atoms with van der Waals surface area (Å²) in [6.45, 7) is 1.84. The lowest BCUT2D eigenvalue weighted by Gasteiger charge is -2.11. The Balaban J connectivity index is 2.18. The summed E-state index contributed by atoms with van der Waals surface area (Å²) in [5.74, 6) is -1.03. The lowest BCUT2D eigenvalue weighted by atomic mass is 10.0. The normalized spacial score (nSPS) is 12.4. The number of hydrogen-bond donors (Lipinski definition) is 1. The smallest absolute Gasteiger partial charge is 0.126 e. The standard InChI is InChI=1S/C14H13F2NO/c1-9-2-3-10(8-17-9)14(18)7-11-6-12(15)4-5-13(11)16/h2-6,8,14,18H,7H2,1H3. The van der Waals surface area contributed by atoms with Gasteiger partial charge in [0.15, 0.2) is 0 Å². The van der Waals surface area contributed by atoms with Gasteiger partial charge < -0.3 is 5.11 Å². The van der Waals surface area contributed by atoms with E-state index in [0.29, 0.717) is 5.56 Å². The van der Waals surface area contributed by atoms with E-state index >= 15 is 0 Å². The molecule has 1 heterocycles. The van der Waals surface area contributed by atoms with Crippen LogP contribution in [0.25, 0.3) is 0 Å². The number of aromatic nitrogens is 1. The number of aryl methyl sites for hydroxylation is 1. The van der Waals surface area contributed by atoms with Crippen LogP contribution < -0.4 is 0 Å². The van der Waals surface area contributed by atoms with Gasteiger partial charge in [-0.05, 0) is 42.3 Å². The largest absolute Gasteiger partial charge is 0.388 e. The van der Waals surface area contributed by atoms with E-state index in [1.54, 1.807) is 12.1 Å². The van der Waals surface area contributed by atoms with Crippen LogP contribution in [0.1, 0.15) is 22.9 Å². The minimum atomic E-state index is -0.894. The summed E-state index contributed by atoms with van der Waals surface area (Å²) in [6, 6.07) is 6.70. The molecule has 1 N–H and O–H groups in total. The van der Waals surface area contributed by atoms with Crippen molar-refractivity contribution in [2.75, 3.05) is 0 Å². The molecule has 0 spiro atoms. The number of rotatable bonds is 3. The van der Waals surface area contributed by atoms with Crippen LogP contribution in [-0.2, 0) is 6.42 Å². The number of nitrogens with zero attached hydrogens (tertiary/aromatic N) is 1. The third-order valence-corrected chi connectivity index (χ3v) is 2.74. The van der Waals surface area contributed by atoms with Gasteiger partial charge in [0.05, 0.1) is 6.10 Å². The Morgan fingerprint density at radius 1 is 1.22 bits per heavy atom. The minimum Gasteiger partial charge on any atom is -0.388 e. The van der Waals surface area contributed by atoms with Crippen LogP contribution in [0.15, 0.2) is 36.5 Å². The molecule has 0 saturated heterocycles. The summed E-state index contributed by atoms with van der Waals surface area (Å²) in [4.78, 5) is 4.05. The zero-order chi connectivity index (χ0) is 13.1. The Bertz CT molecular complexity index is 540. The van der Waals surface area contributed by atoms with E-state index in [2.05, 4.69) is 4.98 Å². The number of aliphatic hydroxyl groups excluding tert-OH is 1. The highest BCUT2D eigenvalue weighted by molar-refractivity contribution is 5.23. The predicted molar refractivity (Wildman–Crippen MR) is 64.0 cm³/mol. The van der Waals surface area contributed by atoms with Crippen LogP contribution >= 0.6 is 0 Å². The molecular formula is C14H13F2NO. The van der Waals surface area contributed by atoms with Gasteiger partial charge in [0, 0.05) is 18.3 Å². The average molecular weight is 249 g/mol. The first-order valence-electron chi connectivity index (χ1n) is 5.61. The van der Waals surface area contributed by atoms with Crippen molar-refractivity contribution >= 4 is 0 Å². The molecule has 4 heteroatoms. The molecule has 0 saturated carbocycles. The third kappa shape index (κ3) is 2.90. The van der Waals surface area contributed by atoms with Crippen LogP contribution in [0.2, 0.25) is 0 Å². The van der Waals surface area contributed by atoms with Gasteiger partial charge in [0.2, 0.25) is 0 Å². The molecule has 0 fully saturated rings. The molecule has 18 heavy (non-hydrogen) atoms. The van der Waals surface area contributed by atoms with E-state index in [4.69, 9.17) is 0 Å². The number of benzene rings is 1. The first kappa shape index (κ1) is 12.6. The van der Waals surface area contributed by atoms with Crippen LogP contribution in [0.3, 0.4) is 0 Å². The molecular weight excluding hydrogens is 236 g/mol. The minimum absolute atomic E-state index is 0.0222. The fourth-order valence-corrected chi connectivity index (χ4v) is 1.70. The van der Waals surface area contributed by atoms with Crippen molar-refractivity contribution in [2.45, 2.75) is 19.4 Å². The van der Waals surface area contributed by atoms with Gasteiger partial charge in [0.25, 0.3) is 0 Å². The van der Waals surface area contributed by atoms with Gasteiger partial charge in [0.1, 0.15) is 11.6 Å². The summed E-state index contributed by atoms with van der Waals surface area (Å²) in [5.41, 5.74) is 1.58. The van der Waals surface area contributed by atoms with E-state index in [1.165, 1.54) is 6.20 Å². The van der Waals surface area contributed by atoms with E-state index in [9.17, 15) is 13.9 Å². The van der Waals surface area contributed by atoms with E-state index in [-0.39, 0.29) is 12.0 Å². The first-order chi connectivity index (χ1) is 8.56. The van der Waals surface area contributed by atoms with Crippen molar-refractivity contribution in [3.63, 3.8) is 0 Å². The Kier molecular flexibility index (Phi) is 3.67. The van der Waals surface area contributed by atoms with E-state index < -0.39 is 17.7 Å². The zero-order valence-corrected chi connectivity index (χ0v) is 9.90. The molecule has 1 aromatic carbocycles. The van der Waals surface area contributed by atoms with E-state index in [0.717, 1.165) is 23.9 Å². The van der Waals surface area contributed by atoms with Gasteiger partial charge in [-0.1, -0.05) is 6.07 Å². The lowest BCUT2D eigenvalue weighted by Crippen LogP contribution is -2.04. The van der Waals surface area contributed by atoms with Gasteiger partial charge in [-0.3, -0.25) is 4.98 Å². The molecule has 94 valence electrons. The predicted octanol–water partition coefficient (Wildman–Crippen LogP) is 2.94. The number of aliphatic hydroxyl groups is 1. The van der Waals surface area contributed by atoms with E-state index in [1.807, 2.05) is 6.92 Å². The summed E-state index contributed by atoms with van der Waals surface area (Å²) in [6.07, 6.45) is 0.667. The highest BCUT2D eigenvalue weighted by atomic mass is 19.1. The molecule has 1 atom stereocenters. The van der Waals surface area contributed by atoms with Crippen molar-refractivity contribution in [2.24, 2.45) is 0 Å². The second-order valence-electron chi connectivity index (χ2n) is 4.19. The van der Waals surface area contributed by atoms with Crippen molar-refractivity contribution in [3.8, 4) is 0 Å². The van der Waals surface area contributed by atoms with Crippen LogP contribution in [-0.4, -0.2) is 10.1 Å². The van der Waals surface area contributed by atoms with Crippen molar-refractivity contribution < 1.29 is 13.9 Å². The second-order valence-corrected chi connectivity index (χ2v) is 4.19. The van der Waals surface area contributed by atoms with Crippen LogP contribution in [0, 0.1) is 18.6 Å². The molecule has 1 unspecified atom stereocenters. The third-order valence-electron chi connectivity index (χ3n) is 2.74. The highest BCUT2D eigenvalue weighted by Crippen LogP contribution is 2.20. The summed E-state index contributed by atoms with van der Waals surface area (Å²) >= 11 is 0. The summed E-state index contributed by atoms with van der Waals surface area (Å²) in [7, 11) is 0. The number of hydrogen-bond acceptors (Lipinski definition) is 2. The fraction of sp³-hybridized carbons (Fsp3) is 0.214. The maximum Gasteiger partial charge on any atom is 0.126 e. The first-order valence-corrected chi connectivity index (χ1v) is 5.61. The lowest BCUT2D eigenvalue weighted by molar-refractivity contribution is 0.176. The Hall–Kier alpha value is -1.81. The SMILES string of the molecule is Cc1ccc(C(O)Cc2cc(F)ccc2F)cn1. The maximum atomic E-state index is 13.4. The fourth-order valence-electron chi connectivity index (χ4n) is 1.70. The molecule has 2 rings (SSSR count). The molecule has 1 aromatic heterocycles. The average Bonchev–Trinajstić information content (AvgIpc) is 2.34. The molecule has 0 amide bonds. The van der Waals surface area contributed by atoms with Gasteiger partial charge in [-0.25, -0.2) is 8.78 Å². The molecule has 0 aliphatic heterocycles. The van der Waals surface area contributed by atoms with Crippen LogP contribution in [0.5, 0.6) is 0 Å². The maximum absolute atomic E-state index is 13.4. The highest BCUT2D eigenvalue weighted by Gasteiger charge is 2.12. The Morgan fingerprint density at radius 3 is 2.67 bits per heavy atom. The molecule has 0 aliphatic rings. The Morgan fingerprint density at radius 2 is 2.00 bits per heavy atom. The molecule has 2 nitrogen and oxygen atoms in total. The summed E-state index contributed by atoms with van der Waals surface area (Å²) in [5, 5.41) is 9.95. The number of pyridine rings is 1. The van der Waals surface area contributed by atoms with Crippen LogP contribution in [0.4, 0.5) is 8.78 Å². The summed E-state index contributed by atoms with van der Waals surface area (Å²) < 4.78 is 26.4. The Labute approximate surface area is 104 Å². The molecule has 0 aliphatic carbocycles. The molecule has 2 aromatic rings.